The Balaban J connectivity index is 3.17. The zero-order valence-corrected chi connectivity index (χ0v) is 8.59. The molecule has 0 aliphatic heterocycles. The van der Waals surface area contributed by atoms with E-state index in [-0.39, 0.29) is 0 Å². The summed E-state index contributed by atoms with van der Waals surface area (Å²) < 4.78 is 0. The Morgan fingerprint density at radius 1 is 1.23 bits per heavy atom. The highest BCUT2D eigenvalue weighted by atomic mass is 14.8. The fraction of sp³-hybridized carbons (Fsp3) is 0.455. The van der Waals surface area contributed by atoms with Crippen molar-refractivity contribution in [2.24, 2.45) is 15.9 Å². The van der Waals surface area contributed by atoms with Crippen molar-refractivity contribution >= 4 is 11.4 Å². The molecule has 0 saturated heterocycles. The van der Waals surface area contributed by atoms with Crippen LogP contribution in [0.3, 0.4) is 0 Å². The van der Waals surface area contributed by atoms with Crippen LogP contribution in [0.5, 0.6) is 0 Å². The van der Waals surface area contributed by atoms with Gasteiger partial charge in [-0.25, -0.2) is 0 Å². The third-order valence-corrected chi connectivity index (χ3v) is 2.42. The van der Waals surface area contributed by atoms with Crippen LogP contribution < -0.4 is 0 Å². The normalized spacial score (nSPS) is 29.3. The van der Waals surface area contributed by atoms with Crippen molar-refractivity contribution in [1.29, 1.82) is 0 Å². The number of nitrogens with zero attached hydrogens (tertiary/aromatic N) is 2. The van der Waals surface area contributed by atoms with Gasteiger partial charge in [0, 0.05) is 19.5 Å². The van der Waals surface area contributed by atoms with Gasteiger partial charge in [0.15, 0.2) is 0 Å². The summed E-state index contributed by atoms with van der Waals surface area (Å²) in [6.45, 7) is 12.9. The Labute approximate surface area is 79.8 Å². The number of hydrogen-bond acceptors (Lipinski definition) is 2. The molecular weight excluding hydrogens is 160 g/mol. The molecule has 0 radical (unpaired) electrons. The topological polar surface area (TPSA) is 24.7 Å². The van der Waals surface area contributed by atoms with E-state index in [1.807, 2.05) is 6.92 Å². The maximum absolute atomic E-state index is 4.38. The van der Waals surface area contributed by atoms with Crippen molar-refractivity contribution in [2.75, 3.05) is 13.6 Å². The average molecular weight is 176 g/mol. The van der Waals surface area contributed by atoms with Crippen LogP contribution in [-0.2, 0) is 0 Å². The Morgan fingerprint density at radius 3 is 2.23 bits per heavy atom. The Kier molecular flexibility index (Phi) is 2.81. The minimum atomic E-state index is 0.295. The zero-order valence-electron chi connectivity index (χ0n) is 8.59. The van der Waals surface area contributed by atoms with Gasteiger partial charge in [0.1, 0.15) is 0 Å². The van der Waals surface area contributed by atoms with Gasteiger partial charge in [-0.3, -0.25) is 9.98 Å². The third-order valence-electron chi connectivity index (χ3n) is 2.42. The van der Waals surface area contributed by atoms with E-state index in [1.165, 1.54) is 0 Å². The second-order valence-electron chi connectivity index (χ2n) is 3.17. The summed E-state index contributed by atoms with van der Waals surface area (Å²) in [6.07, 6.45) is 0. The maximum Gasteiger partial charge on any atom is 0.0861 e. The Morgan fingerprint density at radius 2 is 1.77 bits per heavy atom. The van der Waals surface area contributed by atoms with Gasteiger partial charge in [0.2, 0.25) is 0 Å². The standard InChI is InChI=1S/C11H16N2/c1-6-13-11-9(4)7(2)8(3)10(11)12-5/h7H,3-4,6H2,1-2,5H3. The van der Waals surface area contributed by atoms with Crippen molar-refractivity contribution in [1.82, 2.24) is 0 Å². The molecule has 1 saturated carbocycles. The first-order chi connectivity index (χ1) is 6.13. The summed E-state index contributed by atoms with van der Waals surface area (Å²) >= 11 is 0. The lowest BCUT2D eigenvalue weighted by molar-refractivity contribution is 0.901. The molecule has 70 valence electrons. The molecule has 0 bridgehead atoms. The summed E-state index contributed by atoms with van der Waals surface area (Å²) in [6, 6.07) is 0. The van der Waals surface area contributed by atoms with E-state index < -0.39 is 0 Å². The summed E-state index contributed by atoms with van der Waals surface area (Å²) in [4.78, 5) is 8.58. The zero-order chi connectivity index (χ0) is 10.0. The van der Waals surface area contributed by atoms with Crippen LogP contribution in [0, 0.1) is 5.92 Å². The molecule has 2 nitrogen and oxygen atoms in total. The van der Waals surface area contributed by atoms with Crippen LogP contribution in [0.1, 0.15) is 13.8 Å². The van der Waals surface area contributed by atoms with Crippen LogP contribution in [0.2, 0.25) is 0 Å². The molecule has 1 rings (SSSR count). The Bertz CT molecular complexity index is 308. The highest BCUT2D eigenvalue weighted by molar-refractivity contribution is 6.56. The lowest BCUT2D eigenvalue weighted by atomic mass is 10.0. The second kappa shape index (κ2) is 3.69. The molecule has 0 aromatic rings. The number of aliphatic imine (C=N–C) groups is 2. The molecule has 1 aliphatic carbocycles. The summed E-state index contributed by atoms with van der Waals surface area (Å²) in [7, 11) is 1.77. The van der Waals surface area contributed by atoms with Gasteiger partial charge in [-0.1, -0.05) is 20.1 Å². The minimum Gasteiger partial charge on any atom is -0.286 e. The van der Waals surface area contributed by atoms with Crippen LogP contribution in [0.4, 0.5) is 0 Å². The monoisotopic (exact) mass is 176 g/mol. The second-order valence-corrected chi connectivity index (χ2v) is 3.17. The molecular formula is C11H16N2. The van der Waals surface area contributed by atoms with Gasteiger partial charge >= 0.3 is 0 Å². The van der Waals surface area contributed by atoms with E-state index in [1.54, 1.807) is 7.05 Å². The van der Waals surface area contributed by atoms with Crippen molar-refractivity contribution < 1.29 is 0 Å². The van der Waals surface area contributed by atoms with E-state index in [2.05, 4.69) is 30.1 Å². The lowest BCUT2D eigenvalue weighted by Gasteiger charge is -2.00. The van der Waals surface area contributed by atoms with Crippen LogP contribution in [0.25, 0.3) is 0 Å². The summed E-state index contributed by atoms with van der Waals surface area (Å²) in [5.74, 6) is 0.295. The number of allylic oxidation sites excluding steroid dienone is 2. The molecule has 1 unspecified atom stereocenters. The molecule has 0 aromatic heterocycles. The van der Waals surface area contributed by atoms with Gasteiger partial charge in [-0.2, -0.15) is 0 Å². The largest absolute Gasteiger partial charge is 0.286 e. The average Bonchev–Trinajstić information content (AvgIpc) is 2.32. The summed E-state index contributed by atoms with van der Waals surface area (Å²) in [5.41, 5.74) is 3.97. The third kappa shape index (κ3) is 1.48. The van der Waals surface area contributed by atoms with Crippen LogP contribution in [-0.4, -0.2) is 25.0 Å². The molecule has 1 atom stereocenters. The smallest absolute Gasteiger partial charge is 0.0861 e. The lowest BCUT2D eigenvalue weighted by Crippen LogP contribution is -2.08. The Hall–Kier alpha value is -1.18. The molecule has 1 aliphatic rings. The highest BCUT2D eigenvalue weighted by Crippen LogP contribution is 2.29. The quantitative estimate of drug-likeness (QED) is 0.585. The molecule has 0 aromatic carbocycles. The van der Waals surface area contributed by atoms with E-state index in [0.717, 1.165) is 29.1 Å². The SMILES string of the molecule is C=C1C(=NC)C(=NCC)C(=C)C1C. The van der Waals surface area contributed by atoms with Crippen LogP contribution in [0.15, 0.2) is 34.3 Å². The van der Waals surface area contributed by atoms with Crippen molar-refractivity contribution in [3.63, 3.8) is 0 Å². The maximum atomic E-state index is 4.38. The predicted molar refractivity (Wildman–Crippen MR) is 58.8 cm³/mol. The minimum absolute atomic E-state index is 0.295. The van der Waals surface area contributed by atoms with E-state index >= 15 is 0 Å². The van der Waals surface area contributed by atoms with Crippen molar-refractivity contribution in [3.8, 4) is 0 Å². The van der Waals surface area contributed by atoms with Gasteiger partial charge in [0.05, 0.1) is 11.4 Å². The molecule has 1 fully saturated rings. The molecule has 13 heavy (non-hydrogen) atoms. The molecule has 0 spiro atoms. The number of hydrogen-bond donors (Lipinski definition) is 0. The predicted octanol–water partition coefficient (Wildman–Crippen LogP) is 2.28. The van der Waals surface area contributed by atoms with Gasteiger partial charge < -0.3 is 0 Å². The van der Waals surface area contributed by atoms with E-state index in [4.69, 9.17) is 0 Å². The number of rotatable bonds is 1. The fourth-order valence-corrected chi connectivity index (χ4v) is 1.51. The van der Waals surface area contributed by atoms with Gasteiger partial charge in [-0.15, -0.1) is 0 Å². The molecule has 0 amide bonds. The summed E-state index contributed by atoms with van der Waals surface area (Å²) in [5, 5.41) is 0. The molecule has 0 heterocycles. The van der Waals surface area contributed by atoms with Crippen LogP contribution >= 0.6 is 0 Å². The van der Waals surface area contributed by atoms with Gasteiger partial charge in [-0.05, 0) is 18.1 Å². The van der Waals surface area contributed by atoms with E-state index in [0.29, 0.717) is 5.92 Å². The van der Waals surface area contributed by atoms with Crippen molar-refractivity contribution in [2.45, 2.75) is 13.8 Å². The molecule has 2 heteroatoms. The van der Waals surface area contributed by atoms with Gasteiger partial charge in [0.25, 0.3) is 0 Å². The highest BCUT2D eigenvalue weighted by Gasteiger charge is 2.30. The first-order valence-corrected chi connectivity index (χ1v) is 4.53. The van der Waals surface area contributed by atoms with E-state index in [9.17, 15) is 0 Å². The molecule has 0 N–H and O–H groups in total. The van der Waals surface area contributed by atoms with Crippen molar-refractivity contribution in [3.05, 3.63) is 24.3 Å². The first-order valence-electron chi connectivity index (χ1n) is 4.53. The fourth-order valence-electron chi connectivity index (χ4n) is 1.51. The first kappa shape index (κ1) is 9.90.